The van der Waals surface area contributed by atoms with Crippen LogP contribution in [0.4, 0.5) is 10.5 Å². The Labute approximate surface area is 155 Å². The second kappa shape index (κ2) is 7.63. The lowest BCUT2D eigenvalue weighted by molar-refractivity contribution is 0.0490. The molecule has 8 nitrogen and oxygen atoms in total. The van der Waals surface area contributed by atoms with Gasteiger partial charge in [-0.1, -0.05) is 0 Å². The summed E-state index contributed by atoms with van der Waals surface area (Å²) in [7, 11) is 0. The molecule has 0 bridgehead atoms. The number of urea groups is 1. The molecule has 0 aliphatic carbocycles. The first-order valence-electron chi connectivity index (χ1n) is 8.77. The Morgan fingerprint density at radius 2 is 1.96 bits per heavy atom. The van der Waals surface area contributed by atoms with Crippen molar-refractivity contribution in [2.45, 2.75) is 12.8 Å². The molecule has 138 valence electrons. The number of ether oxygens (including phenoxy) is 2. The number of fused-ring (bicyclic) bond motifs is 1. The van der Waals surface area contributed by atoms with E-state index in [4.69, 9.17) is 9.47 Å². The molecule has 1 aromatic heterocycles. The lowest BCUT2D eigenvalue weighted by Gasteiger charge is -2.21. The minimum atomic E-state index is -0.533. The largest absolute Gasteiger partial charge is 0.477 e. The van der Waals surface area contributed by atoms with E-state index in [0.29, 0.717) is 40.4 Å². The molecule has 8 heteroatoms. The van der Waals surface area contributed by atoms with Crippen LogP contribution in [0.2, 0.25) is 0 Å². The van der Waals surface area contributed by atoms with Gasteiger partial charge in [-0.2, -0.15) is 9.98 Å². The van der Waals surface area contributed by atoms with Crippen molar-refractivity contribution in [2.75, 3.05) is 25.1 Å². The van der Waals surface area contributed by atoms with Crippen LogP contribution in [-0.2, 0) is 4.74 Å². The van der Waals surface area contributed by atoms with Crippen molar-refractivity contribution in [3.63, 3.8) is 0 Å². The van der Waals surface area contributed by atoms with Gasteiger partial charge in [-0.05, 0) is 43.0 Å². The molecule has 0 radical (unpaired) electrons. The molecule has 4 rings (SSSR count). The summed E-state index contributed by atoms with van der Waals surface area (Å²) < 4.78 is 11.1. The second-order valence-corrected chi connectivity index (χ2v) is 6.41. The number of rotatable bonds is 5. The zero-order valence-electron chi connectivity index (χ0n) is 14.6. The molecule has 0 unspecified atom stereocenters. The van der Waals surface area contributed by atoms with Crippen LogP contribution >= 0.6 is 0 Å². The molecule has 2 aromatic rings. The molecule has 1 aromatic carbocycles. The zero-order valence-corrected chi connectivity index (χ0v) is 14.6. The van der Waals surface area contributed by atoms with E-state index in [1.165, 1.54) is 0 Å². The second-order valence-electron chi connectivity index (χ2n) is 6.41. The highest BCUT2D eigenvalue weighted by Gasteiger charge is 2.15. The summed E-state index contributed by atoms with van der Waals surface area (Å²) >= 11 is 0. The van der Waals surface area contributed by atoms with Gasteiger partial charge in [0.25, 0.3) is 5.91 Å². The number of nitrogens with zero attached hydrogens (tertiary/aromatic N) is 3. The predicted octanol–water partition coefficient (Wildman–Crippen LogP) is 1.51. The molecule has 27 heavy (non-hydrogen) atoms. The molecular formula is C19H18N4O4. The van der Waals surface area contributed by atoms with Gasteiger partial charge in [-0.15, -0.1) is 0 Å². The van der Waals surface area contributed by atoms with Gasteiger partial charge >= 0.3 is 6.03 Å². The molecule has 0 atom stereocenters. The lowest BCUT2D eigenvalue weighted by Crippen LogP contribution is -2.23. The van der Waals surface area contributed by atoms with Gasteiger partial charge in [-0.25, -0.2) is 9.78 Å². The summed E-state index contributed by atoms with van der Waals surface area (Å²) in [5.41, 5.74) is 0.971. The van der Waals surface area contributed by atoms with E-state index >= 15 is 0 Å². The van der Waals surface area contributed by atoms with Crippen LogP contribution in [0.5, 0.6) is 5.88 Å². The summed E-state index contributed by atoms with van der Waals surface area (Å²) in [6.07, 6.45) is 3.49. The van der Waals surface area contributed by atoms with E-state index < -0.39 is 6.03 Å². The van der Waals surface area contributed by atoms with Crippen LogP contribution in [0.25, 0.3) is 0 Å². The number of hydrogen-bond acceptors (Lipinski definition) is 5. The first-order chi connectivity index (χ1) is 13.2. The van der Waals surface area contributed by atoms with Crippen LogP contribution in [0, 0.1) is 5.92 Å². The van der Waals surface area contributed by atoms with Crippen LogP contribution in [-0.4, -0.2) is 36.7 Å². The van der Waals surface area contributed by atoms with Crippen LogP contribution in [0.1, 0.15) is 23.2 Å². The zero-order chi connectivity index (χ0) is 18.6. The monoisotopic (exact) mass is 366 g/mol. The predicted molar refractivity (Wildman–Crippen MR) is 95.4 cm³/mol. The number of pyridine rings is 1. The van der Waals surface area contributed by atoms with Crippen LogP contribution in [0.3, 0.4) is 0 Å². The van der Waals surface area contributed by atoms with Gasteiger partial charge in [0.2, 0.25) is 5.88 Å². The Hall–Kier alpha value is -3.13. The van der Waals surface area contributed by atoms with Gasteiger partial charge in [0.05, 0.1) is 17.3 Å². The maximum absolute atomic E-state index is 12.5. The van der Waals surface area contributed by atoms with Gasteiger partial charge < -0.3 is 14.8 Å². The number of aromatic nitrogens is 1. The number of hydrogen-bond donors (Lipinski definition) is 1. The smallest absolute Gasteiger partial charge is 0.368 e. The minimum absolute atomic E-state index is 0.297. The number of nitrogens with one attached hydrogen (secondary N) is 1. The third-order valence-corrected chi connectivity index (χ3v) is 4.47. The fraction of sp³-hybridized carbons (Fsp3) is 0.316. The molecule has 1 N–H and O–H groups in total. The van der Waals surface area contributed by atoms with E-state index in [-0.39, 0.29) is 5.91 Å². The molecule has 1 fully saturated rings. The Kier molecular flexibility index (Phi) is 4.88. The molecular weight excluding hydrogens is 348 g/mol. The number of anilines is 1. The van der Waals surface area contributed by atoms with Gasteiger partial charge in [0.1, 0.15) is 0 Å². The normalized spacial score (nSPS) is 16.2. The van der Waals surface area contributed by atoms with E-state index in [1.807, 2.05) is 0 Å². The van der Waals surface area contributed by atoms with E-state index in [1.54, 1.807) is 36.5 Å². The summed E-state index contributed by atoms with van der Waals surface area (Å²) in [6, 6.07) is 7.64. The van der Waals surface area contributed by atoms with Crippen molar-refractivity contribution in [1.82, 2.24) is 4.98 Å². The molecule has 0 saturated carbocycles. The first kappa shape index (κ1) is 17.3. The van der Waals surface area contributed by atoms with Crippen molar-refractivity contribution < 1.29 is 19.1 Å². The summed E-state index contributed by atoms with van der Waals surface area (Å²) in [5, 5.41) is 3.74. The van der Waals surface area contributed by atoms with E-state index in [0.717, 1.165) is 26.1 Å². The Bertz CT molecular complexity index is 999. The number of carbonyl (C=O) groups excluding carboxylic acids is 2. The highest BCUT2D eigenvalue weighted by Crippen LogP contribution is 2.17. The summed E-state index contributed by atoms with van der Waals surface area (Å²) in [5.74, 6) is 0.568. The average molecular weight is 366 g/mol. The Morgan fingerprint density at radius 1 is 1.15 bits per heavy atom. The standard InChI is InChI=1S/C19H18N4O4/c24-18(21-14-1-2-15-16(10-14)23-19(25)22-15)13-3-6-20-17(9-13)27-11-12-4-7-26-8-5-12/h1-3,6,9-10,12H,4-5,7-8,11H2,(H,21,24). The topological polar surface area (TPSA) is 102 Å². The highest BCUT2D eigenvalue weighted by atomic mass is 16.5. The Morgan fingerprint density at radius 3 is 2.81 bits per heavy atom. The quantitative estimate of drug-likeness (QED) is 0.864. The Balaban J connectivity index is 1.42. The number of carbonyl (C=O) groups is 2. The van der Waals surface area contributed by atoms with Crippen LogP contribution in [0.15, 0.2) is 46.5 Å². The molecule has 3 heterocycles. The minimum Gasteiger partial charge on any atom is -0.477 e. The fourth-order valence-electron chi connectivity index (χ4n) is 2.97. The van der Waals surface area contributed by atoms with Gasteiger partial charge in [0, 0.05) is 36.7 Å². The van der Waals surface area contributed by atoms with Crippen molar-refractivity contribution in [1.29, 1.82) is 0 Å². The van der Waals surface area contributed by atoms with Crippen molar-refractivity contribution in [3.05, 3.63) is 52.8 Å². The summed E-state index contributed by atoms with van der Waals surface area (Å²) in [4.78, 5) is 35.4. The molecule has 1 saturated heterocycles. The molecule has 3 amide bonds. The third-order valence-electron chi connectivity index (χ3n) is 4.47. The maximum Gasteiger partial charge on any atom is 0.368 e. The SMILES string of the molecule is O=C1N=c2ccc(NC(=O)c3ccnc(OCC4CCOCC4)c3)cc2=N1. The van der Waals surface area contributed by atoms with Gasteiger partial charge in [-0.3, -0.25) is 4.79 Å². The third kappa shape index (κ3) is 4.17. The van der Waals surface area contributed by atoms with Crippen LogP contribution < -0.4 is 20.8 Å². The van der Waals surface area contributed by atoms with E-state index in [9.17, 15) is 9.59 Å². The van der Waals surface area contributed by atoms with Crippen molar-refractivity contribution >= 4 is 17.6 Å². The first-order valence-corrected chi connectivity index (χ1v) is 8.77. The van der Waals surface area contributed by atoms with Crippen molar-refractivity contribution in [2.24, 2.45) is 15.9 Å². The number of amides is 3. The maximum atomic E-state index is 12.5. The highest BCUT2D eigenvalue weighted by molar-refractivity contribution is 6.04. The molecule has 0 spiro atoms. The fourth-order valence-corrected chi connectivity index (χ4v) is 2.97. The van der Waals surface area contributed by atoms with Gasteiger partial charge in [0.15, 0.2) is 0 Å². The number of benzene rings is 1. The van der Waals surface area contributed by atoms with E-state index in [2.05, 4.69) is 20.3 Å². The molecule has 2 aliphatic heterocycles. The lowest BCUT2D eigenvalue weighted by atomic mass is 10.0. The van der Waals surface area contributed by atoms with Crippen molar-refractivity contribution in [3.8, 4) is 5.88 Å². The average Bonchev–Trinajstić information content (AvgIpc) is 3.07. The summed E-state index contributed by atoms with van der Waals surface area (Å²) in [6.45, 7) is 2.08. The molecule has 2 aliphatic rings.